The Morgan fingerprint density at radius 1 is 1.38 bits per heavy atom. The molecule has 0 atom stereocenters. The lowest BCUT2D eigenvalue weighted by Gasteiger charge is -2.03. The van der Waals surface area contributed by atoms with Crippen LogP contribution in [0.2, 0.25) is 0 Å². The van der Waals surface area contributed by atoms with Gasteiger partial charge in [0.25, 0.3) is 0 Å². The normalized spacial score (nSPS) is 10.5. The maximum Gasteiger partial charge on any atom is 0.350 e. The summed E-state index contributed by atoms with van der Waals surface area (Å²) in [7, 11) is 0. The standard InChI is InChI=1S/C9H7FN2O/c10-6-12-8-4-2-1-3-7(8)5-11-9(12)13/h1-5H,6H2. The van der Waals surface area contributed by atoms with Crippen LogP contribution in [0.3, 0.4) is 0 Å². The Labute approximate surface area is 73.5 Å². The van der Waals surface area contributed by atoms with E-state index in [1.807, 2.05) is 6.07 Å². The molecule has 0 radical (unpaired) electrons. The molecule has 0 bridgehead atoms. The van der Waals surface area contributed by atoms with Gasteiger partial charge in [0, 0.05) is 11.6 Å². The molecular formula is C9H7FN2O. The Morgan fingerprint density at radius 3 is 2.92 bits per heavy atom. The number of fused-ring (bicyclic) bond motifs is 1. The molecule has 0 aliphatic heterocycles. The quantitative estimate of drug-likeness (QED) is 0.660. The number of aromatic nitrogens is 2. The van der Waals surface area contributed by atoms with Gasteiger partial charge < -0.3 is 0 Å². The summed E-state index contributed by atoms with van der Waals surface area (Å²) in [5.41, 5.74) is 0.0196. The van der Waals surface area contributed by atoms with Gasteiger partial charge in [0.05, 0.1) is 5.52 Å². The zero-order chi connectivity index (χ0) is 9.26. The fourth-order valence-electron chi connectivity index (χ4n) is 1.26. The van der Waals surface area contributed by atoms with E-state index in [1.54, 1.807) is 18.2 Å². The van der Waals surface area contributed by atoms with Gasteiger partial charge in [-0.2, -0.15) is 0 Å². The summed E-state index contributed by atoms with van der Waals surface area (Å²) in [6.45, 7) is -0.840. The summed E-state index contributed by atoms with van der Waals surface area (Å²) >= 11 is 0. The van der Waals surface area contributed by atoms with Crippen LogP contribution in [0.1, 0.15) is 0 Å². The smallest absolute Gasteiger partial charge is 0.263 e. The van der Waals surface area contributed by atoms with Crippen molar-refractivity contribution in [2.75, 3.05) is 0 Å². The number of halogens is 1. The molecule has 1 heterocycles. The van der Waals surface area contributed by atoms with Gasteiger partial charge in [0.15, 0.2) is 6.80 Å². The second-order valence-electron chi connectivity index (χ2n) is 2.65. The highest BCUT2D eigenvalue weighted by Gasteiger charge is 2.01. The highest BCUT2D eigenvalue weighted by atomic mass is 19.1. The summed E-state index contributed by atoms with van der Waals surface area (Å²) < 4.78 is 13.4. The van der Waals surface area contributed by atoms with Gasteiger partial charge in [-0.15, -0.1) is 0 Å². The highest BCUT2D eigenvalue weighted by molar-refractivity contribution is 5.77. The lowest BCUT2D eigenvalue weighted by atomic mass is 10.2. The average molecular weight is 178 g/mol. The monoisotopic (exact) mass is 178 g/mol. The largest absolute Gasteiger partial charge is 0.350 e. The molecule has 0 amide bonds. The summed E-state index contributed by atoms with van der Waals surface area (Å²) in [6, 6.07) is 7.05. The second-order valence-corrected chi connectivity index (χ2v) is 2.65. The molecule has 0 saturated carbocycles. The molecule has 0 unspecified atom stereocenters. The van der Waals surface area contributed by atoms with E-state index >= 15 is 0 Å². The number of rotatable bonds is 1. The Kier molecular flexibility index (Phi) is 1.81. The van der Waals surface area contributed by atoms with Crippen molar-refractivity contribution in [3.8, 4) is 0 Å². The van der Waals surface area contributed by atoms with Crippen molar-refractivity contribution in [2.24, 2.45) is 0 Å². The van der Waals surface area contributed by atoms with E-state index in [0.717, 1.165) is 9.95 Å². The van der Waals surface area contributed by atoms with Crippen LogP contribution in [-0.2, 0) is 6.80 Å². The van der Waals surface area contributed by atoms with Crippen molar-refractivity contribution < 1.29 is 4.39 Å². The number of hydrogen-bond donors (Lipinski definition) is 0. The summed E-state index contributed by atoms with van der Waals surface area (Å²) in [5, 5.41) is 0.764. The van der Waals surface area contributed by atoms with Crippen molar-refractivity contribution in [1.29, 1.82) is 0 Å². The predicted octanol–water partition coefficient (Wildman–Crippen LogP) is 1.32. The second kappa shape index (κ2) is 2.97. The van der Waals surface area contributed by atoms with Crippen LogP contribution in [0, 0.1) is 0 Å². The van der Waals surface area contributed by atoms with Gasteiger partial charge in [0.2, 0.25) is 0 Å². The average Bonchev–Trinajstić information content (AvgIpc) is 2.18. The third-order valence-electron chi connectivity index (χ3n) is 1.89. The molecule has 66 valence electrons. The molecule has 0 aliphatic carbocycles. The van der Waals surface area contributed by atoms with Crippen LogP contribution in [0.4, 0.5) is 4.39 Å². The summed E-state index contributed by atoms with van der Waals surface area (Å²) in [6.07, 6.45) is 1.45. The third kappa shape index (κ3) is 1.20. The van der Waals surface area contributed by atoms with E-state index in [9.17, 15) is 9.18 Å². The maximum atomic E-state index is 12.4. The van der Waals surface area contributed by atoms with E-state index in [-0.39, 0.29) is 0 Å². The Hall–Kier alpha value is -1.71. The van der Waals surface area contributed by atoms with Crippen molar-refractivity contribution >= 4 is 10.9 Å². The molecule has 1 aromatic carbocycles. The van der Waals surface area contributed by atoms with Gasteiger partial charge in [-0.1, -0.05) is 18.2 Å². The van der Waals surface area contributed by atoms with E-state index < -0.39 is 12.5 Å². The maximum absolute atomic E-state index is 12.4. The minimum atomic E-state index is -0.840. The number of para-hydroxylation sites is 1. The van der Waals surface area contributed by atoms with Crippen LogP contribution in [-0.4, -0.2) is 9.55 Å². The predicted molar refractivity (Wildman–Crippen MR) is 47.1 cm³/mol. The summed E-state index contributed by atoms with van der Waals surface area (Å²) in [5.74, 6) is 0. The molecule has 2 rings (SSSR count). The fourth-order valence-corrected chi connectivity index (χ4v) is 1.26. The van der Waals surface area contributed by atoms with E-state index in [1.165, 1.54) is 6.20 Å². The minimum absolute atomic E-state index is 0.554. The van der Waals surface area contributed by atoms with Crippen molar-refractivity contribution in [3.63, 3.8) is 0 Å². The van der Waals surface area contributed by atoms with Crippen molar-refractivity contribution in [3.05, 3.63) is 40.9 Å². The van der Waals surface area contributed by atoms with E-state index in [4.69, 9.17) is 0 Å². The lowest BCUT2D eigenvalue weighted by Crippen LogP contribution is -2.21. The molecular weight excluding hydrogens is 171 g/mol. The topological polar surface area (TPSA) is 34.9 Å². The zero-order valence-corrected chi connectivity index (χ0v) is 6.77. The van der Waals surface area contributed by atoms with Crippen molar-refractivity contribution in [2.45, 2.75) is 6.80 Å². The van der Waals surface area contributed by atoms with Gasteiger partial charge in [-0.05, 0) is 6.07 Å². The van der Waals surface area contributed by atoms with E-state index in [2.05, 4.69) is 4.98 Å². The Balaban J connectivity index is 2.92. The van der Waals surface area contributed by atoms with E-state index in [0.29, 0.717) is 5.52 Å². The van der Waals surface area contributed by atoms with Crippen LogP contribution in [0.5, 0.6) is 0 Å². The SMILES string of the molecule is O=c1ncc2ccccc2n1CF. The Bertz CT molecular complexity index is 492. The number of nitrogens with zero attached hydrogens (tertiary/aromatic N) is 2. The lowest BCUT2D eigenvalue weighted by molar-refractivity contribution is 0.374. The molecule has 0 fully saturated rings. The first-order valence-corrected chi connectivity index (χ1v) is 3.83. The number of hydrogen-bond acceptors (Lipinski definition) is 2. The molecule has 0 spiro atoms. The fraction of sp³-hybridized carbons (Fsp3) is 0.111. The zero-order valence-electron chi connectivity index (χ0n) is 6.77. The van der Waals surface area contributed by atoms with Crippen LogP contribution < -0.4 is 5.69 Å². The van der Waals surface area contributed by atoms with Gasteiger partial charge in [-0.3, -0.25) is 4.57 Å². The first kappa shape index (κ1) is 7.91. The van der Waals surface area contributed by atoms with Crippen LogP contribution in [0.25, 0.3) is 10.9 Å². The molecule has 1 aromatic heterocycles. The molecule has 2 aromatic rings. The van der Waals surface area contributed by atoms with Gasteiger partial charge in [0.1, 0.15) is 0 Å². The first-order chi connectivity index (χ1) is 6.33. The number of alkyl halides is 1. The third-order valence-corrected chi connectivity index (χ3v) is 1.89. The molecule has 3 nitrogen and oxygen atoms in total. The minimum Gasteiger partial charge on any atom is -0.263 e. The van der Waals surface area contributed by atoms with Crippen LogP contribution >= 0.6 is 0 Å². The Morgan fingerprint density at radius 2 is 2.15 bits per heavy atom. The number of benzene rings is 1. The molecule has 13 heavy (non-hydrogen) atoms. The van der Waals surface area contributed by atoms with Crippen LogP contribution in [0.15, 0.2) is 35.3 Å². The molecule has 0 saturated heterocycles. The van der Waals surface area contributed by atoms with Gasteiger partial charge in [-0.25, -0.2) is 14.2 Å². The van der Waals surface area contributed by atoms with Crippen molar-refractivity contribution in [1.82, 2.24) is 9.55 Å². The first-order valence-electron chi connectivity index (χ1n) is 3.83. The highest BCUT2D eigenvalue weighted by Crippen LogP contribution is 2.09. The van der Waals surface area contributed by atoms with Gasteiger partial charge >= 0.3 is 5.69 Å². The summed E-state index contributed by atoms with van der Waals surface area (Å²) in [4.78, 5) is 14.6. The molecule has 0 N–H and O–H groups in total. The molecule has 4 heteroatoms. The molecule has 0 aliphatic rings.